The number of hydrogen-bond donors (Lipinski definition) is 2. The molecule has 0 aliphatic heterocycles. The van der Waals surface area contributed by atoms with Crippen molar-refractivity contribution in [2.75, 3.05) is 61.1 Å². The smallest absolute Gasteiger partial charge is 0.339 e. The van der Waals surface area contributed by atoms with Crippen molar-refractivity contribution in [3.05, 3.63) is 123 Å². The Morgan fingerprint density at radius 2 is 1.09 bits per heavy atom. The Kier molecular flexibility index (Phi) is 21.1. The number of nitrogens with zero attached hydrogens (tertiary/aromatic N) is 6. The monoisotopic (exact) mass is 1180 g/mol. The Morgan fingerprint density at radius 1 is 0.573 bits per heavy atom. The van der Waals surface area contributed by atoms with Crippen LogP contribution in [0.5, 0.6) is 17.2 Å². The number of carbonyl (C=O) groups is 4. The number of pyridine rings is 2. The molecule has 0 radical (unpaired) electrons. The molecule has 436 valence electrons. The quantitative estimate of drug-likeness (QED) is 0.0332. The molecule has 3 aromatic carbocycles. The van der Waals surface area contributed by atoms with Gasteiger partial charge in [0.15, 0.2) is 0 Å². The van der Waals surface area contributed by atoms with Gasteiger partial charge in [-0.15, -0.1) is 0 Å². The number of ether oxygens (including phenoxy) is 4. The van der Waals surface area contributed by atoms with Gasteiger partial charge in [-0.1, -0.05) is 99.3 Å². The fraction of sp³-hybridized carbons (Fsp3) is 0.444. The minimum absolute atomic E-state index is 0.00356. The summed E-state index contributed by atoms with van der Waals surface area (Å²) in [7, 11) is 7.99. The van der Waals surface area contributed by atoms with Crippen molar-refractivity contribution in [2.24, 2.45) is 0 Å². The second kappa shape index (κ2) is 28.1. The lowest BCUT2D eigenvalue weighted by atomic mass is 9.80. The lowest BCUT2D eigenvalue weighted by Gasteiger charge is -2.38. The maximum Gasteiger partial charge on any atom is 0.339 e. The summed E-state index contributed by atoms with van der Waals surface area (Å²) >= 11 is 20.2. The van der Waals surface area contributed by atoms with Gasteiger partial charge < -0.3 is 39.4 Å². The van der Waals surface area contributed by atoms with Crippen molar-refractivity contribution in [3.63, 3.8) is 0 Å². The molecule has 2 N–H and O–H groups in total. The van der Waals surface area contributed by atoms with Crippen LogP contribution in [0.15, 0.2) is 84.9 Å². The Morgan fingerprint density at radius 3 is 1.60 bits per heavy atom. The van der Waals surface area contributed by atoms with Crippen molar-refractivity contribution < 1.29 is 38.1 Å². The molecule has 2 fully saturated rings. The van der Waals surface area contributed by atoms with Crippen molar-refractivity contribution in [2.45, 2.75) is 122 Å². The van der Waals surface area contributed by atoms with Gasteiger partial charge in [0.2, 0.25) is 0 Å². The summed E-state index contributed by atoms with van der Waals surface area (Å²) in [4.78, 5) is 73.2. The Hall–Kier alpha value is -6.56. The van der Waals surface area contributed by atoms with E-state index in [-0.39, 0.29) is 37.1 Å². The van der Waals surface area contributed by atoms with Crippen LogP contribution in [-0.4, -0.2) is 125 Å². The van der Waals surface area contributed by atoms with Crippen LogP contribution in [0.4, 0.5) is 0 Å². The topological polar surface area (TPSA) is 179 Å². The number of esters is 2. The second-order valence-electron chi connectivity index (χ2n) is 21.6. The molecule has 2 aliphatic carbocycles. The standard InChI is InChI=1S/C63H75Cl3N8O8/c1-8-43-39-44(9-2)74(71-43)53-28-27-52(68-57(53)42-20-24-50(66)55(38-42)81-36-18-34-73(6)7)59(76)70-63(31-15-12-16-32-63)61(78)82-60(77)62(29-13-11-14-30-62)69-58(75)51-26-22-46(47-40-45(79-10-3)21-25-48(47)64)56(67-51)41-19-23-49(65)54(37-41)80-35-17-33-72(4)5/h19-28,37-40H,8-18,29-36H2,1-7H3,(H,69,75)(H,70,76). The van der Waals surface area contributed by atoms with Crippen molar-refractivity contribution in [3.8, 4) is 56.6 Å². The lowest BCUT2D eigenvalue weighted by Crippen LogP contribution is -2.61. The predicted octanol–water partition coefficient (Wildman–Crippen LogP) is 12.4. The third kappa shape index (κ3) is 14.8. The number of rotatable bonds is 24. The zero-order valence-corrected chi connectivity index (χ0v) is 50.4. The fourth-order valence-corrected chi connectivity index (χ4v) is 11.2. The average molecular weight is 1180 g/mol. The molecule has 0 atom stereocenters. The highest BCUT2D eigenvalue weighted by Crippen LogP contribution is 2.41. The molecule has 0 bridgehead atoms. The van der Waals surface area contributed by atoms with E-state index in [0.717, 1.165) is 56.6 Å². The molecule has 82 heavy (non-hydrogen) atoms. The van der Waals surface area contributed by atoms with Crippen LogP contribution in [0.25, 0.3) is 39.3 Å². The van der Waals surface area contributed by atoms with Gasteiger partial charge in [0.1, 0.15) is 39.7 Å². The van der Waals surface area contributed by atoms with Crippen molar-refractivity contribution >= 4 is 58.6 Å². The molecule has 0 saturated heterocycles. The highest BCUT2D eigenvalue weighted by molar-refractivity contribution is 6.34. The third-order valence-corrected chi connectivity index (χ3v) is 16.0. The summed E-state index contributed by atoms with van der Waals surface area (Å²) in [5, 5.41) is 12.2. The van der Waals surface area contributed by atoms with Crippen molar-refractivity contribution in [1.29, 1.82) is 0 Å². The van der Waals surface area contributed by atoms with Crippen LogP contribution in [0.1, 0.15) is 130 Å². The van der Waals surface area contributed by atoms with Crippen LogP contribution in [0.3, 0.4) is 0 Å². The van der Waals surface area contributed by atoms with Gasteiger partial charge in [0.25, 0.3) is 11.8 Å². The number of nitrogens with one attached hydrogen (secondary N) is 2. The van der Waals surface area contributed by atoms with E-state index in [1.54, 1.807) is 60.7 Å². The van der Waals surface area contributed by atoms with Crippen molar-refractivity contribution in [1.82, 2.24) is 40.2 Å². The first-order valence-corrected chi connectivity index (χ1v) is 29.7. The van der Waals surface area contributed by atoms with Gasteiger partial charge in [-0.2, -0.15) is 5.10 Å². The summed E-state index contributed by atoms with van der Waals surface area (Å²) < 4.78 is 26.0. The fourth-order valence-electron chi connectivity index (χ4n) is 10.6. The van der Waals surface area contributed by atoms with E-state index in [4.69, 9.17) is 68.8 Å². The minimum Gasteiger partial charge on any atom is -0.494 e. The number of aromatic nitrogens is 4. The van der Waals surface area contributed by atoms with E-state index in [2.05, 4.69) is 33.4 Å². The predicted molar refractivity (Wildman–Crippen MR) is 322 cm³/mol. The maximum absolute atomic E-state index is 14.8. The normalized spacial score (nSPS) is 14.8. The number of amides is 2. The summed E-state index contributed by atoms with van der Waals surface area (Å²) in [5.41, 5.74) is 2.67. The average Bonchev–Trinajstić information content (AvgIpc) is 3.95. The molecule has 6 aromatic rings. The van der Waals surface area contributed by atoms with Crippen LogP contribution >= 0.6 is 34.8 Å². The highest BCUT2D eigenvalue weighted by atomic mass is 35.5. The molecule has 0 unspecified atom stereocenters. The Bertz CT molecular complexity index is 3240. The van der Waals surface area contributed by atoms with Gasteiger partial charge in [0, 0.05) is 46.1 Å². The van der Waals surface area contributed by atoms with E-state index in [9.17, 15) is 19.2 Å². The van der Waals surface area contributed by atoms with Gasteiger partial charge in [-0.3, -0.25) is 9.59 Å². The summed E-state index contributed by atoms with van der Waals surface area (Å²) in [6, 6.07) is 24.8. The first-order chi connectivity index (χ1) is 39.5. The Balaban J connectivity index is 1.08. The molecular formula is C63H75Cl3N8O8. The van der Waals surface area contributed by atoms with Crippen LogP contribution < -0.4 is 24.8 Å². The molecule has 0 spiro atoms. The highest BCUT2D eigenvalue weighted by Gasteiger charge is 2.49. The molecule has 2 amide bonds. The molecule has 3 aromatic heterocycles. The largest absolute Gasteiger partial charge is 0.494 e. The van der Waals surface area contributed by atoms with Crippen LogP contribution in [0, 0.1) is 0 Å². The van der Waals surface area contributed by atoms with Crippen LogP contribution in [0.2, 0.25) is 15.1 Å². The van der Waals surface area contributed by atoms with E-state index < -0.39 is 34.8 Å². The number of aryl methyl sites for hydroxylation is 2. The lowest BCUT2D eigenvalue weighted by molar-refractivity contribution is -0.170. The second-order valence-corrected chi connectivity index (χ2v) is 22.9. The molecule has 2 saturated carbocycles. The summed E-state index contributed by atoms with van der Waals surface area (Å²) in [6.45, 7) is 8.93. The van der Waals surface area contributed by atoms with Gasteiger partial charge >= 0.3 is 11.9 Å². The van der Waals surface area contributed by atoms with E-state index in [1.165, 1.54) is 0 Å². The summed E-state index contributed by atoms with van der Waals surface area (Å²) in [5.74, 6) is -1.56. The first-order valence-electron chi connectivity index (χ1n) is 28.6. The Labute approximate surface area is 496 Å². The number of benzene rings is 3. The maximum atomic E-state index is 14.8. The molecule has 3 heterocycles. The minimum atomic E-state index is -1.59. The molecule has 16 nitrogen and oxygen atoms in total. The van der Waals surface area contributed by atoms with E-state index >= 15 is 0 Å². The van der Waals surface area contributed by atoms with E-state index in [1.807, 2.05) is 64.9 Å². The first kappa shape index (κ1) is 61.5. The van der Waals surface area contributed by atoms with Crippen LogP contribution in [-0.2, 0) is 27.2 Å². The molecular weight excluding hydrogens is 1100 g/mol. The molecule has 19 heteroatoms. The third-order valence-electron chi connectivity index (χ3n) is 15.1. The molecule has 8 rings (SSSR count). The van der Waals surface area contributed by atoms with Gasteiger partial charge in [-0.25, -0.2) is 24.2 Å². The van der Waals surface area contributed by atoms with Gasteiger partial charge in [0.05, 0.1) is 52.6 Å². The zero-order chi connectivity index (χ0) is 58.6. The number of hydrogen-bond acceptors (Lipinski definition) is 13. The zero-order valence-electron chi connectivity index (χ0n) is 48.1. The van der Waals surface area contributed by atoms with E-state index in [0.29, 0.717) is 124 Å². The SMILES string of the molecule is CCOc1ccc(Cl)c(-c2ccc(C(=O)NC3(C(=O)OC(=O)C4(NC(=O)c5ccc(-n6nc(CC)cc6CC)c(-c6ccc(Cl)c(OCCCN(C)C)c6)n5)CCCCC4)CCCCC3)nc2-c2ccc(Cl)c(OCCCN(C)C)c2)c1. The van der Waals surface area contributed by atoms with Gasteiger partial charge in [-0.05, 0) is 159 Å². The molecule has 2 aliphatic rings. The number of halogens is 3. The summed E-state index contributed by atoms with van der Waals surface area (Å²) in [6.07, 6.45) is 7.78. The number of carbonyl (C=O) groups excluding carboxylic acids is 4.